The Morgan fingerprint density at radius 2 is 2.38 bits per heavy atom. The van der Waals surface area contributed by atoms with Gasteiger partial charge in [0.25, 0.3) is 0 Å². The van der Waals surface area contributed by atoms with Gasteiger partial charge in [0, 0.05) is 28.2 Å². The van der Waals surface area contributed by atoms with Crippen LogP contribution in [0.2, 0.25) is 0 Å². The minimum absolute atomic E-state index is 0.0463. The monoisotopic (exact) mass is 389 g/mol. The first-order chi connectivity index (χ1) is 11.7. The highest BCUT2D eigenvalue weighted by atomic mass is 79.9. The highest BCUT2D eigenvalue weighted by Crippen LogP contribution is 2.26. The molecule has 3 heterocycles. The number of nitrogens with zero attached hydrogens (tertiary/aromatic N) is 3. The maximum atomic E-state index is 12.3. The summed E-state index contributed by atoms with van der Waals surface area (Å²) in [6.07, 6.45) is 3.79. The van der Waals surface area contributed by atoms with E-state index in [9.17, 15) is 4.79 Å². The summed E-state index contributed by atoms with van der Waals surface area (Å²) in [6.45, 7) is 0.943. The van der Waals surface area contributed by atoms with Crippen LogP contribution in [-0.2, 0) is 16.1 Å². The highest BCUT2D eigenvalue weighted by molar-refractivity contribution is 9.10. The number of carbonyl (C=O) groups excluding carboxylic acids is 1. The number of ether oxygens (including phenoxy) is 1. The van der Waals surface area contributed by atoms with Gasteiger partial charge in [0.15, 0.2) is 5.82 Å². The molecule has 2 N–H and O–H groups in total. The van der Waals surface area contributed by atoms with Crippen LogP contribution < -0.4 is 5.32 Å². The molecule has 0 bridgehead atoms. The molecule has 1 aromatic carbocycles. The van der Waals surface area contributed by atoms with Crippen molar-refractivity contribution in [1.29, 1.82) is 0 Å². The number of nitrogens with one attached hydrogen (secondary N) is 2. The Morgan fingerprint density at radius 1 is 1.46 bits per heavy atom. The van der Waals surface area contributed by atoms with Crippen molar-refractivity contribution in [1.82, 2.24) is 19.7 Å². The van der Waals surface area contributed by atoms with Crippen LogP contribution in [0.15, 0.2) is 34.9 Å². The number of halogens is 1. The zero-order valence-electron chi connectivity index (χ0n) is 12.8. The van der Waals surface area contributed by atoms with Crippen molar-refractivity contribution >= 4 is 38.7 Å². The quantitative estimate of drug-likeness (QED) is 0.717. The molecule has 0 radical (unpaired) electrons. The van der Waals surface area contributed by atoms with E-state index in [1.165, 1.54) is 0 Å². The van der Waals surface area contributed by atoms with E-state index in [0.29, 0.717) is 5.82 Å². The fraction of sp³-hybridized carbons (Fsp3) is 0.312. The van der Waals surface area contributed by atoms with Gasteiger partial charge in [-0.1, -0.05) is 15.9 Å². The van der Waals surface area contributed by atoms with Gasteiger partial charge in [-0.3, -0.25) is 15.2 Å². The van der Waals surface area contributed by atoms with Gasteiger partial charge in [-0.25, -0.2) is 0 Å². The Morgan fingerprint density at radius 3 is 3.21 bits per heavy atom. The van der Waals surface area contributed by atoms with Crippen molar-refractivity contribution in [3.05, 3.63) is 40.8 Å². The molecule has 7 nitrogen and oxygen atoms in total. The molecular formula is C16H16BrN5O2. The van der Waals surface area contributed by atoms with E-state index in [4.69, 9.17) is 4.74 Å². The summed E-state index contributed by atoms with van der Waals surface area (Å²) in [5.41, 5.74) is 1.00. The lowest BCUT2D eigenvalue weighted by atomic mass is 10.2. The molecule has 0 saturated carbocycles. The number of benzene rings is 1. The van der Waals surface area contributed by atoms with E-state index in [-0.39, 0.29) is 24.5 Å². The van der Waals surface area contributed by atoms with E-state index in [1.807, 2.05) is 35.0 Å². The first-order valence-corrected chi connectivity index (χ1v) is 8.56. The van der Waals surface area contributed by atoms with E-state index in [1.54, 1.807) is 0 Å². The third kappa shape index (κ3) is 3.07. The molecule has 8 heteroatoms. The Balaban J connectivity index is 1.44. The highest BCUT2D eigenvalue weighted by Gasteiger charge is 2.21. The molecule has 1 atom stereocenters. The van der Waals surface area contributed by atoms with Crippen LogP contribution >= 0.6 is 15.9 Å². The number of aromatic amines is 1. The topological polar surface area (TPSA) is 84.8 Å². The first-order valence-electron chi connectivity index (χ1n) is 7.77. The number of rotatable bonds is 4. The zero-order valence-corrected chi connectivity index (χ0v) is 14.4. The Labute approximate surface area is 146 Å². The minimum Gasteiger partial charge on any atom is -0.370 e. The maximum Gasteiger partial charge on any atom is 0.248 e. The van der Waals surface area contributed by atoms with Gasteiger partial charge in [-0.2, -0.15) is 4.98 Å². The van der Waals surface area contributed by atoms with Crippen LogP contribution in [-0.4, -0.2) is 32.3 Å². The smallest absolute Gasteiger partial charge is 0.248 e. The second-order valence-electron chi connectivity index (χ2n) is 5.74. The molecule has 1 aliphatic heterocycles. The Bertz CT molecular complexity index is 882. The lowest BCUT2D eigenvalue weighted by Gasteiger charge is -2.05. The van der Waals surface area contributed by atoms with Gasteiger partial charge in [0.2, 0.25) is 11.9 Å². The normalized spacial score (nSPS) is 17.5. The second kappa shape index (κ2) is 6.37. The van der Waals surface area contributed by atoms with Crippen LogP contribution in [0.5, 0.6) is 0 Å². The zero-order chi connectivity index (χ0) is 16.5. The molecule has 0 aliphatic carbocycles. The fourth-order valence-electron chi connectivity index (χ4n) is 2.90. The number of hydrogen-bond donors (Lipinski definition) is 2. The van der Waals surface area contributed by atoms with E-state index in [2.05, 4.69) is 36.4 Å². The molecule has 0 spiro atoms. The van der Waals surface area contributed by atoms with Crippen LogP contribution in [0.1, 0.15) is 24.8 Å². The Hall–Kier alpha value is -2.19. The number of carbonyl (C=O) groups is 1. The van der Waals surface area contributed by atoms with Crippen molar-refractivity contribution in [2.75, 3.05) is 11.9 Å². The number of hydrogen-bond acceptors (Lipinski definition) is 4. The maximum absolute atomic E-state index is 12.3. The molecule has 1 saturated heterocycles. The molecule has 4 rings (SSSR count). The average Bonchev–Trinajstić information content (AvgIpc) is 3.27. The summed E-state index contributed by atoms with van der Waals surface area (Å²) < 4.78 is 8.45. The van der Waals surface area contributed by atoms with Crippen LogP contribution in [0.25, 0.3) is 10.9 Å². The van der Waals surface area contributed by atoms with Gasteiger partial charge in [-0.15, -0.1) is 5.10 Å². The molecule has 0 unspecified atom stereocenters. The summed E-state index contributed by atoms with van der Waals surface area (Å²) >= 11 is 3.45. The van der Waals surface area contributed by atoms with Gasteiger partial charge in [0.1, 0.15) is 12.6 Å². The second-order valence-corrected chi connectivity index (χ2v) is 6.66. The van der Waals surface area contributed by atoms with Crippen molar-refractivity contribution < 1.29 is 9.53 Å². The summed E-state index contributed by atoms with van der Waals surface area (Å²) in [5.74, 6) is 0.775. The number of fused-ring (bicyclic) bond motifs is 1. The fourth-order valence-corrected chi connectivity index (χ4v) is 3.27. The molecule has 24 heavy (non-hydrogen) atoms. The lowest BCUT2D eigenvalue weighted by molar-refractivity contribution is -0.116. The molecule has 3 aromatic rings. The number of H-pyrrole nitrogens is 1. The van der Waals surface area contributed by atoms with E-state index >= 15 is 0 Å². The molecule has 2 aromatic heterocycles. The van der Waals surface area contributed by atoms with Crippen molar-refractivity contribution in [2.24, 2.45) is 0 Å². The minimum atomic E-state index is -0.173. The number of anilines is 1. The lowest BCUT2D eigenvalue weighted by Crippen LogP contribution is -2.19. The summed E-state index contributed by atoms with van der Waals surface area (Å²) in [5, 5.41) is 10.7. The van der Waals surface area contributed by atoms with Crippen molar-refractivity contribution in [2.45, 2.75) is 25.5 Å². The van der Waals surface area contributed by atoms with Gasteiger partial charge in [0.05, 0.1) is 0 Å². The molecule has 124 valence electrons. The van der Waals surface area contributed by atoms with E-state index < -0.39 is 0 Å². The van der Waals surface area contributed by atoms with Gasteiger partial charge in [-0.05, 0) is 37.1 Å². The molecular weight excluding hydrogens is 374 g/mol. The van der Waals surface area contributed by atoms with Crippen molar-refractivity contribution in [3.8, 4) is 0 Å². The average molecular weight is 390 g/mol. The van der Waals surface area contributed by atoms with Crippen LogP contribution in [0.4, 0.5) is 5.95 Å². The predicted molar refractivity (Wildman–Crippen MR) is 92.6 cm³/mol. The largest absolute Gasteiger partial charge is 0.370 e. The number of amides is 1. The third-order valence-corrected chi connectivity index (χ3v) is 4.53. The summed E-state index contributed by atoms with van der Waals surface area (Å²) in [4.78, 5) is 16.6. The molecule has 1 amide bonds. The predicted octanol–water partition coefficient (Wildman–Crippen LogP) is 3.01. The Kier molecular flexibility index (Phi) is 4.07. The van der Waals surface area contributed by atoms with Gasteiger partial charge < -0.3 is 9.30 Å². The molecule has 1 aliphatic rings. The van der Waals surface area contributed by atoms with Gasteiger partial charge >= 0.3 is 0 Å². The third-order valence-electron chi connectivity index (χ3n) is 4.04. The standard InChI is InChI=1S/C16H16BrN5O2/c17-11-3-4-12-10(8-11)5-6-22(12)9-14(23)18-16-19-15(20-21-16)13-2-1-7-24-13/h3-6,8,13H,1-2,7,9H2,(H2,18,19,20,21,23)/t13-/m1/s1. The SMILES string of the molecule is O=C(Cn1ccc2cc(Br)ccc21)Nc1n[nH]c([C@H]2CCCO2)n1. The summed E-state index contributed by atoms with van der Waals surface area (Å²) in [6, 6.07) is 7.94. The van der Waals surface area contributed by atoms with Crippen LogP contribution in [0.3, 0.4) is 0 Å². The van der Waals surface area contributed by atoms with Crippen LogP contribution in [0, 0.1) is 0 Å². The number of aromatic nitrogens is 4. The van der Waals surface area contributed by atoms with E-state index in [0.717, 1.165) is 34.8 Å². The molecule has 1 fully saturated rings. The van der Waals surface area contributed by atoms with Crippen molar-refractivity contribution in [3.63, 3.8) is 0 Å². The summed E-state index contributed by atoms with van der Waals surface area (Å²) in [7, 11) is 0. The first kappa shape index (κ1) is 15.3.